The minimum Gasteiger partial charge on any atom is -0.454 e. The highest BCUT2D eigenvalue weighted by atomic mass is 16.7. The first-order valence-electron chi connectivity index (χ1n) is 9.69. The number of benzene rings is 1. The molecule has 0 radical (unpaired) electrons. The van der Waals surface area contributed by atoms with Crippen LogP contribution in [-0.4, -0.2) is 42.2 Å². The molecule has 1 fully saturated rings. The number of aliphatic imine (C=N–C) groups is 1. The van der Waals surface area contributed by atoms with Crippen LogP contribution >= 0.6 is 0 Å². The summed E-state index contributed by atoms with van der Waals surface area (Å²) in [5.41, 5.74) is 1.43. The molecular formula is C20H27N5O2. The molecule has 2 aromatic rings. The third kappa shape index (κ3) is 4.18. The average molecular weight is 369 g/mol. The van der Waals surface area contributed by atoms with Gasteiger partial charge in [0.05, 0.1) is 6.54 Å². The van der Waals surface area contributed by atoms with Crippen molar-refractivity contribution in [2.75, 3.05) is 26.4 Å². The lowest BCUT2D eigenvalue weighted by Crippen LogP contribution is -2.38. The van der Waals surface area contributed by atoms with E-state index >= 15 is 0 Å². The largest absolute Gasteiger partial charge is 0.454 e. The number of hydrogen-bond acceptors (Lipinski definition) is 4. The van der Waals surface area contributed by atoms with Gasteiger partial charge in [0.2, 0.25) is 6.79 Å². The van der Waals surface area contributed by atoms with Gasteiger partial charge in [-0.15, -0.1) is 0 Å². The number of fused-ring (bicyclic) bond motifs is 1. The molecule has 1 saturated carbocycles. The van der Waals surface area contributed by atoms with Gasteiger partial charge < -0.3 is 20.1 Å². The quantitative estimate of drug-likeness (QED) is 0.424. The lowest BCUT2D eigenvalue weighted by atomic mass is 9.96. The number of nitrogens with zero attached hydrogens (tertiary/aromatic N) is 3. The van der Waals surface area contributed by atoms with Crippen LogP contribution in [0.5, 0.6) is 11.5 Å². The number of guanidine groups is 1. The zero-order valence-electron chi connectivity index (χ0n) is 15.8. The van der Waals surface area contributed by atoms with E-state index in [2.05, 4.69) is 34.8 Å². The van der Waals surface area contributed by atoms with E-state index in [1.165, 1.54) is 5.56 Å². The molecule has 1 aromatic carbocycles. The Balaban J connectivity index is 1.33. The van der Waals surface area contributed by atoms with Crippen LogP contribution in [-0.2, 0) is 12.0 Å². The summed E-state index contributed by atoms with van der Waals surface area (Å²) < 4.78 is 12.9. The van der Waals surface area contributed by atoms with Gasteiger partial charge in [-0.25, -0.2) is 0 Å². The normalized spacial score (nSPS) is 17.0. The predicted molar refractivity (Wildman–Crippen MR) is 104 cm³/mol. The van der Waals surface area contributed by atoms with Gasteiger partial charge in [0.1, 0.15) is 0 Å². The molecule has 0 bridgehead atoms. The first-order valence-corrected chi connectivity index (χ1v) is 9.69. The van der Waals surface area contributed by atoms with E-state index in [1.54, 1.807) is 0 Å². The summed E-state index contributed by atoms with van der Waals surface area (Å²) in [5.74, 6) is 2.57. The van der Waals surface area contributed by atoms with Crippen molar-refractivity contribution in [2.24, 2.45) is 4.99 Å². The second-order valence-corrected chi connectivity index (χ2v) is 7.09. The van der Waals surface area contributed by atoms with Gasteiger partial charge in [0.25, 0.3) is 0 Å². The summed E-state index contributed by atoms with van der Waals surface area (Å²) in [6, 6.07) is 8.24. The Morgan fingerprint density at radius 2 is 2.15 bits per heavy atom. The van der Waals surface area contributed by atoms with Gasteiger partial charge in [-0.05, 0) is 49.9 Å². The SMILES string of the molecule is CCNC(=NCC1(c2ccc3c(c2)OCO3)CC1)NCCCn1cccn1. The lowest BCUT2D eigenvalue weighted by Gasteiger charge is -2.16. The van der Waals surface area contributed by atoms with E-state index in [4.69, 9.17) is 14.5 Å². The molecule has 0 unspecified atom stereocenters. The highest BCUT2D eigenvalue weighted by Crippen LogP contribution is 2.50. The van der Waals surface area contributed by atoms with Crippen LogP contribution in [0, 0.1) is 0 Å². The van der Waals surface area contributed by atoms with Crippen molar-refractivity contribution in [3.05, 3.63) is 42.2 Å². The zero-order valence-corrected chi connectivity index (χ0v) is 15.8. The Labute approximate surface area is 159 Å². The summed E-state index contributed by atoms with van der Waals surface area (Å²) in [4.78, 5) is 4.85. The summed E-state index contributed by atoms with van der Waals surface area (Å²) in [7, 11) is 0. The van der Waals surface area contributed by atoms with Crippen molar-refractivity contribution in [2.45, 2.75) is 38.1 Å². The number of rotatable bonds is 8. The number of aryl methyl sites for hydroxylation is 1. The van der Waals surface area contributed by atoms with Gasteiger partial charge in [0.15, 0.2) is 17.5 Å². The molecule has 0 spiro atoms. The van der Waals surface area contributed by atoms with Gasteiger partial charge in [-0.1, -0.05) is 6.07 Å². The van der Waals surface area contributed by atoms with Crippen molar-refractivity contribution in [1.82, 2.24) is 20.4 Å². The maximum Gasteiger partial charge on any atom is 0.231 e. The molecule has 2 heterocycles. The standard InChI is InChI=1S/C20H27N5O2/c1-2-21-19(22-9-3-11-25-12-4-10-24-25)23-14-20(7-8-20)16-5-6-17-18(13-16)27-15-26-17/h4-6,10,12-13H,2-3,7-9,11,14-15H2,1H3,(H2,21,22,23). The van der Waals surface area contributed by atoms with Crippen molar-refractivity contribution in [3.63, 3.8) is 0 Å². The molecule has 1 aliphatic heterocycles. The van der Waals surface area contributed by atoms with Crippen LogP contribution in [0.3, 0.4) is 0 Å². The summed E-state index contributed by atoms with van der Waals surface area (Å²) in [6.07, 6.45) is 7.12. The fraction of sp³-hybridized carbons (Fsp3) is 0.500. The molecule has 4 rings (SSSR count). The minimum absolute atomic E-state index is 0.137. The Kier molecular flexibility index (Phi) is 5.18. The van der Waals surface area contributed by atoms with E-state index in [0.717, 1.165) is 62.9 Å². The van der Waals surface area contributed by atoms with Crippen molar-refractivity contribution in [3.8, 4) is 11.5 Å². The number of aromatic nitrogens is 2. The predicted octanol–water partition coefficient (Wildman–Crippen LogP) is 2.29. The van der Waals surface area contributed by atoms with Gasteiger partial charge >= 0.3 is 0 Å². The number of nitrogens with one attached hydrogen (secondary N) is 2. The maximum absolute atomic E-state index is 5.53. The molecule has 2 aliphatic rings. The van der Waals surface area contributed by atoms with E-state index in [0.29, 0.717) is 6.79 Å². The average Bonchev–Trinajstić information content (AvgIpc) is 3.08. The second kappa shape index (κ2) is 7.90. The molecule has 0 saturated heterocycles. The third-order valence-corrected chi connectivity index (χ3v) is 5.14. The first kappa shape index (κ1) is 17.7. The van der Waals surface area contributed by atoms with E-state index < -0.39 is 0 Å². The van der Waals surface area contributed by atoms with E-state index in [9.17, 15) is 0 Å². The molecule has 27 heavy (non-hydrogen) atoms. The Hall–Kier alpha value is -2.70. The maximum atomic E-state index is 5.53. The van der Waals surface area contributed by atoms with E-state index in [1.807, 2.05) is 29.2 Å². The van der Waals surface area contributed by atoms with Gasteiger partial charge in [-0.3, -0.25) is 9.67 Å². The molecule has 0 amide bonds. The van der Waals surface area contributed by atoms with Gasteiger partial charge in [0, 0.05) is 37.4 Å². The van der Waals surface area contributed by atoms with Crippen LogP contribution < -0.4 is 20.1 Å². The molecule has 7 nitrogen and oxygen atoms in total. The zero-order chi connectivity index (χ0) is 18.5. The topological polar surface area (TPSA) is 72.7 Å². The molecule has 144 valence electrons. The molecule has 7 heteroatoms. The molecule has 1 aromatic heterocycles. The van der Waals surface area contributed by atoms with Crippen LogP contribution in [0.1, 0.15) is 31.7 Å². The van der Waals surface area contributed by atoms with Gasteiger partial charge in [-0.2, -0.15) is 5.10 Å². The van der Waals surface area contributed by atoms with Crippen LogP contribution in [0.2, 0.25) is 0 Å². The smallest absolute Gasteiger partial charge is 0.231 e. The second-order valence-electron chi connectivity index (χ2n) is 7.09. The van der Waals surface area contributed by atoms with Crippen molar-refractivity contribution >= 4 is 5.96 Å². The summed E-state index contributed by atoms with van der Waals surface area (Å²) in [5, 5.41) is 11.0. The minimum atomic E-state index is 0.137. The van der Waals surface area contributed by atoms with Crippen LogP contribution in [0.4, 0.5) is 0 Å². The number of hydrogen-bond donors (Lipinski definition) is 2. The molecule has 1 aliphatic carbocycles. The highest BCUT2D eigenvalue weighted by Gasteiger charge is 2.44. The van der Waals surface area contributed by atoms with Crippen LogP contribution in [0.25, 0.3) is 0 Å². The number of ether oxygens (including phenoxy) is 2. The Morgan fingerprint density at radius 3 is 2.93 bits per heavy atom. The van der Waals surface area contributed by atoms with E-state index in [-0.39, 0.29) is 5.41 Å². The molecule has 0 atom stereocenters. The third-order valence-electron chi connectivity index (χ3n) is 5.14. The monoisotopic (exact) mass is 369 g/mol. The Bertz CT molecular complexity index is 784. The lowest BCUT2D eigenvalue weighted by molar-refractivity contribution is 0.174. The fourth-order valence-corrected chi connectivity index (χ4v) is 3.37. The summed E-state index contributed by atoms with van der Waals surface area (Å²) >= 11 is 0. The van der Waals surface area contributed by atoms with Crippen molar-refractivity contribution < 1.29 is 9.47 Å². The molecule has 2 N–H and O–H groups in total. The summed E-state index contributed by atoms with van der Waals surface area (Å²) in [6.45, 7) is 5.80. The highest BCUT2D eigenvalue weighted by molar-refractivity contribution is 5.79. The first-order chi connectivity index (χ1) is 13.3. The molecular weight excluding hydrogens is 342 g/mol. The fourth-order valence-electron chi connectivity index (χ4n) is 3.37. The van der Waals surface area contributed by atoms with Crippen molar-refractivity contribution in [1.29, 1.82) is 0 Å². The van der Waals surface area contributed by atoms with Crippen LogP contribution in [0.15, 0.2) is 41.7 Å². The Morgan fingerprint density at radius 1 is 1.26 bits per heavy atom.